The number of halogens is 1. The van der Waals surface area contributed by atoms with Gasteiger partial charge in [-0.1, -0.05) is 95.3 Å². The van der Waals surface area contributed by atoms with E-state index >= 15 is 0 Å². The van der Waals surface area contributed by atoms with Gasteiger partial charge >= 0.3 is 8.32 Å². The molecule has 156 valence electrons. The normalized spacial score (nSPS) is 22.1. The van der Waals surface area contributed by atoms with Crippen LogP contribution in [0.15, 0.2) is 65.8 Å². The minimum absolute atomic E-state index is 0.0398. The molecule has 0 unspecified atom stereocenters. The molecule has 0 radical (unpaired) electrons. The zero-order valence-corrected chi connectivity index (χ0v) is 20.1. The fourth-order valence-electron chi connectivity index (χ4n) is 4.57. The molecule has 3 rings (SSSR count). The molecule has 29 heavy (non-hydrogen) atoms. The summed E-state index contributed by atoms with van der Waals surface area (Å²) in [6.45, 7) is 11.3. The van der Waals surface area contributed by atoms with Gasteiger partial charge in [0.05, 0.1) is 11.1 Å². The zero-order chi connectivity index (χ0) is 21.1. The highest BCUT2D eigenvalue weighted by atomic mass is 35.5. The lowest BCUT2D eigenvalue weighted by atomic mass is 9.80. The second-order valence-corrected chi connectivity index (χ2v) is 14.2. The average molecular weight is 428 g/mol. The Hall–Kier alpha value is -1.58. The van der Waals surface area contributed by atoms with Gasteiger partial charge in [0.2, 0.25) is 0 Å². The topological polar surface area (TPSA) is 21.6 Å². The minimum atomic E-state index is -2.66. The molecule has 1 aliphatic carbocycles. The molecular weight excluding hydrogens is 394 g/mol. The zero-order valence-electron chi connectivity index (χ0n) is 18.4. The molecule has 0 bridgehead atoms. The molecule has 2 aromatic rings. The van der Waals surface area contributed by atoms with E-state index in [9.17, 15) is 0 Å². The third kappa shape index (κ3) is 4.46. The van der Waals surface area contributed by atoms with Crippen molar-refractivity contribution in [2.75, 3.05) is 0 Å². The van der Waals surface area contributed by atoms with E-state index in [1.54, 1.807) is 0 Å². The van der Waals surface area contributed by atoms with E-state index in [1.165, 1.54) is 16.8 Å². The fourth-order valence-corrected chi connectivity index (χ4v) is 9.26. The van der Waals surface area contributed by atoms with Gasteiger partial charge in [0.1, 0.15) is 0 Å². The number of hydrogen-bond acceptors (Lipinski definition) is 2. The molecule has 0 saturated heterocycles. The highest BCUT2D eigenvalue weighted by Crippen LogP contribution is 2.38. The summed E-state index contributed by atoms with van der Waals surface area (Å²) in [5, 5.41) is 7.19. The number of benzene rings is 2. The Bertz CT molecular complexity index is 774. The fraction of sp³-hybridized carbons (Fsp3) is 0.480. The molecule has 0 aliphatic heterocycles. The van der Waals surface area contributed by atoms with E-state index in [0.29, 0.717) is 11.8 Å². The molecule has 2 aromatic carbocycles. The maximum Gasteiger partial charge on any atom is 0.354 e. The molecule has 0 heterocycles. The summed E-state index contributed by atoms with van der Waals surface area (Å²) in [5.74, 6) is 1.02. The summed E-state index contributed by atoms with van der Waals surface area (Å²) in [6, 6.07) is 21.3. The van der Waals surface area contributed by atoms with Gasteiger partial charge in [0.25, 0.3) is 0 Å². The highest BCUT2D eigenvalue weighted by molar-refractivity contribution is 6.99. The summed E-state index contributed by atoms with van der Waals surface area (Å²) >= 11 is 6.88. The molecule has 1 saturated carbocycles. The van der Waals surface area contributed by atoms with Gasteiger partial charge in [0.15, 0.2) is 0 Å². The van der Waals surface area contributed by atoms with Crippen LogP contribution in [0.25, 0.3) is 0 Å². The molecule has 0 N–H and O–H groups in total. The lowest BCUT2D eigenvalue weighted by Crippen LogP contribution is -2.66. The van der Waals surface area contributed by atoms with Gasteiger partial charge in [-0.3, -0.25) is 0 Å². The number of rotatable bonds is 5. The Morgan fingerprint density at radius 1 is 0.966 bits per heavy atom. The summed E-state index contributed by atoms with van der Waals surface area (Å²) in [6.07, 6.45) is 3.23. The van der Waals surface area contributed by atoms with Crippen LogP contribution in [0.4, 0.5) is 0 Å². The summed E-state index contributed by atoms with van der Waals surface area (Å²) in [4.78, 5) is 0. The minimum Gasteiger partial charge on any atom is -0.443 e. The first-order chi connectivity index (χ1) is 13.8. The number of alkyl halides is 1. The van der Waals surface area contributed by atoms with E-state index < -0.39 is 8.32 Å². The van der Waals surface area contributed by atoms with Crippen LogP contribution < -0.4 is 10.4 Å². The van der Waals surface area contributed by atoms with Gasteiger partial charge in [-0.25, -0.2) is 0 Å². The Labute approximate surface area is 182 Å². The van der Waals surface area contributed by atoms with Gasteiger partial charge in [0, 0.05) is 5.04 Å². The summed E-state index contributed by atoms with van der Waals surface area (Å²) < 4.78 is 6.75. The van der Waals surface area contributed by atoms with Crippen LogP contribution in [0.1, 0.15) is 53.9 Å². The van der Waals surface area contributed by atoms with Crippen LogP contribution >= 0.6 is 11.6 Å². The van der Waals surface area contributed by atoms with Crippen LogP contribution in [0, 0.1) is 11.8 Å². The van der Waals surface area contributed by atoms with E-state index in [4.69, 9.17) is 21.3 Å². The molecule has 2 atom stereocenters. The summed E-state index contributed by atoms with van der Waals surface area (Å²) in [5.41, 5.74) is 1.02. The second kappa shape index (κ2) is 9.05. The standard InChI is InChI=1S/C25H34ClNOSi/c1-19(2)22-17-12-18-23(24(22)26)27-28-29(25(3,4)5,20-13-8-6-9-14-20)21-15-10-7-11-16-21/h6-11,13-16,19,22,24H,12,17-18H2,1-5H3/b27-23+/t22-,24+/m0/s1. The SMILES string of the molecule is CC(C)[C@@H]1CCC/C(=N\O[Si](c2ccccc2)(c2ccccc2)C(C)(C)C)[C@@H]1Cl. The first kappa shape index (κ1) is 22.1. The smallest absolute Gasteiger partial charge is 0.354 e. The van der Waals surface area contributed by atoms with Crippen molar-refractivity contribution < 1.29 is 4.53 Å². The third-order valence-corrected chi connectivity index (χ3v) is 11.6. The van der Waals surface area contributed by atoms with E-state index in [1.807, 2.05) is 0 Å². The molecule has 1 fully saturated rings. The largest absolute Gasteiger partial charge is 0.443 e. The quantitative estimate of drug-likeness (QED) is 0.326. The average Bonchev–Trinajstić information content (AvgIpc) is 2.70. The van der Waals surface area contributed by atoms with E-state index in [-0.39, 0.29) is 10.4 Å². The van der Waals surface area contributed by atoms with Gasteiger partial charge in [-0.15, -0.1) is 16.8 Å². The van der Waals surface area contributed by atoms with Gasteiger partial charge < -0.3 is 4.53 Å². The van der Waals surface area contributed by atoms with Crippen molar-refractivity contribution in [3.63, 3.8) is 0 Å². The van der Waals surface area contributed by atoms with Crippen LogP contribution in [-0.4, -0.2) is 19.4 Å². The van der Waals surface area contributed by atoms with Crippen molar-refractivity contribution in [1.29, 1.82) is 0 Å². The van der Waals surface area contributed by atoms with Crippen molar-refractivity contribution in [1.82, 2.24) is 0 Å². The number of oxime groups is 1. The van der Waals surface area contributed by atoms with Crippen LogP contribution in [0.3, 0.4) is 0 Å². The lowest BCUT2D eigenvalue weighted by Gasteiger charge is -2.41. The van der Waals surface area contributed by atoms with Gasteiger partial charge in [-0.05, 0) is 41.5 Å². The predicted molar refractivity (Wildman–Crippen MR) is 128 cm³/mol. The van der Waals surface area contributed by atoms with Crippen LogP contribution in [0.5, 0.6) is 0 Å². The van der Waals surface area contributed by atoms with Crippen molar-refractivity contribution in [2.24, 2.45) is 17.0 Å². The molecular formula is C25H34ClNOSi. The molecule has 0 amide bonds. The maximum absolute atomic E-state index is 6.88. The van der Waals surface area contributed by atoms with Gasteiger partial charge in [-0.2, -0.15) is 0 Å². The number of nitrogens with zero attached hydrogens (tertiary/aromatic N) is 1. The van der Waals surface area contributed by atoms with Crippen molar-refractivity contribution in [3.8, 4) is 0 Å². The Balaban J connectivity index is 2.09. The predicted octanol–water partition coefficient (Wildman–Crippen LogP) is 5.98. The molecule has 1 aliphatic rings. The van der Waals surface area contributed by atoms with Crippen LogP contribution in [0.2, 0.25) is 5.04 Å². The van der Waals surface area contributed by atoms with Crippen molar-refractivity contribution in [3.05, 3.63) is 60.7 Å². The summed E-state index contributed by atoms with van der Waals surface area (Å²) in [7, 11) is -2.66. The lowest BCUT2D eigenvalue weighted by molar-refractivity contribution is 0.302. The molecule has 2 nitrogen and oxygen atoms in total. The van der Waals surface area contributed by atoms with Crippen molar-refractivity contribution in [2.45, 2.75) is 64.3 Å². The molecule has 4 heteroatoms. The Morgan fingerprint density at radius 3 is 1.93 bits per heavy atom. The van der Waals surface area contributed by atoms with Crippen LogP contribution in [-0.2, 0) is 4.53 Å². The third-order valence-electron chi connectivity index (χ3n) is 6.24. The van der Waals surface area contributed by atoms with Crippen molar-refractivity contribution >= 4 is 36.0 Å². The monoisotopic (exact) mass is 427 g/mol. The van der Waals surface area contributed by atoms with E-state index in [0.717, 1.165) is 18.6 Å². The maximum atomic E-state index is 6.88. The second-order valence-electron chi connectivity index (χ2n) is 9.54. The Morgan fingerprint density at radius 2 is 1.48 bits per heavy atom. The first-order valence-electron chi connectivity index (χ1n) is 10.8. The first-order valence-corrected chi connectivity index (χ1v) is 13.1. The Kier molecular flexibility index (Phi) is 6.90. The number of hydrogen-bond donors (Lipinski definition) is 0. The molecule has 0 spiro atoms. The highest BCUT2D eigenvalue weighted by Gasteiger charge is 2.53. The van der Waals surface area contributed by atoms with E-state index in [2.05, 4.69) is 95.3 Å². The molecule has 0 aromatic heterocycles.